The molecule has 1 saturated heterocycles. The minimum absolute atomic E-state index is 0.211. The highest BCUT2D eigenvalue weighted by molar-refractivity contribution is 9.10. The largest absolute Gasteiger partial charge is 0.444 e. The second-order valence-electron chi connectivity index (χ2n) is 5.77. The molecule has 2 heterocycles. The highest BCUT2D eigenvalue weighted by atomic mass is 79.9. The third-order valence-corrected chi connectivity index (χ3v) is 3.67. The minimum Gasteiger partial charge on any atom is -0.444 e. The number of halogens is 2. The van der Waals surface area contributed by atoms with Gasteiger partial charge in [-0.1, -0.05) is 0 Å². The zero-order valence-electron chi connectivity index (χ0n) is 12.3. The number of carbonyl (C=O) groups is 1. The summed E-state index contributed by atoms with van der Waals surface area (Å²) in [7, 11) is 0. The average molecular weight is 378 g/mol. The lowest BCUT2D eigenvalue weighted by Crippen LogP contribution is -2.50. The molecule has 6 nitrogen and oxygen atoms in total. The Balaban J connectivity index is 1.97. The molecule has 1 aromatic heterocycles. The number of ether oxygens (including phenoxy) is 1. The van der Waals surface area contributed by atoms with Crippen LogP contribution in [0.15, 0.2) is 10.7 Å². The molecule has 0 unspecified atom stereocenters. The maximum absolute atomic E-state index is 12.0. The van der Waals surface area contributed by atoms with Crippen molar-refractivity contribution in [2.75, 3.05) is 31.1 Å². The summed E-state index contributed by atoms with van der Waals surface area (Å²) in [5.41, 5.74) is -0.475. The Bertz CT molecular complexity index is 527. The third-order valence-electron chi connectivity index (χ3n) is 2.93. The van der Waals surface area contributed by atoms with E-state index in [0.717, 1.165) is 10.3 Å². The van der Waals surface area contributed by atoms with Crippen molar-refractivity contribution in [3.63, 3.8) is 0 Å². The molecule has 0 radical (unpaired) electrons. The van der Waals surface area contributed by atoms with E-state index in [9.17, 15) is 4.79 Å². The van der Waals surface area contributed by atoms with Gasteiger partial charge in [0.1, 0.15) is 11.4 Å². The Labute approximate surface area is 137 Å². The number of piperazine rings is 1. The maximum atomic E-state index is 12.0. The second kappa shape index (κ2) is 6.36. The van der Waals surface area contributed by atoms with Crippen LogP contribution in [0.1, 0.15) is 20.8 Å². The number of rotatable bonds is 1. The first-order valence-electron chi connectivity index (χ1n) is 6.67. The van der Waals surface area contributed by atoms with Crippen molar-refractivity contribution in [2.45, 2.75) is 26.4 Å². The molecule has 0 bridgehead atoms. The molecule has 116 valence electrons. The normalized spacial score (nSPS) is 16.0. The van der Waals surface area contributed by atoms with Crippen LogP contribution in [0, 0.1) is 0 Å². The second-order valence-corrected chi connectivity index (χ2v) is 6.96. The molecule has 1 aliphatic rings. The predicted octanol–water partition coefficient (Wildman–Crippen LogP) is 2.95. The zero-order valence-corrected chi connectivity index (χ0v) is 14.6. The maximum Gasteiger partial charge on any atom is 0.410 e. The summed E-state index contributed by atoms with van der Waals surface area (Å²) in [6, 6.07) is 0. The van der Waals surface area contributed by atoms with E-state index in [2.05, 4.69) is 30.8 Å². The summed E-state index contributed by atoms with van der Waals surface area (Å²) in [6.45, 7) is 8.10. The van der Waals surface area contributed by atoms with Gasteiger partial charge in [0, 0.05) is 32.4 Å². The van der Waals surface area contributed by atoms with Crippen LogP contribution in [-0.2, 0) is 4.74 Å². The summed E-state index contributed by atoms with van der Waals surface area (Å²) < 4.78 is 6.16. The summed E-state index contributed by atoms with van der Waals surface area (Å²) in [5, 5.41) is 0.211. The van der Waals surface area contributed by atoms with Gasteiger partial charge in [-0.15, -0.1) is 0 Å². The molecule has 0 aliphatic carbocycles. The van der Waals surface area contributed by atoms with E-state index in [4.69, 9.17) is 16.3 Å². The number of aromatic nitrogens is 2. The van der Waals surface area contributed by atoms with Gasteiger partial charge >= 0.3 is 6.09 Å². The van der Waals surface area contributed by atoms with Crippen LogP contribution in [0.4, 0.5) is 10.6 Å². The first kappa shape index (κ1) is 16.3. The molecule has 1 aliphatic heterocycles. The summed E-state index contributed by atoms with van der Waals surface area (Å²) >= 11 is 9.25. The van der Waals surface area contributed by atoms with Crippen LogP contribution in [0.3, 0.4) is 0 Å². The number of nitrogens with zero attached hydrogens (tertiary/aromatic N) is 4. The van der Waals surface area contributed by atoms with E-state index in [1.54, 1.807) is 11.1 Å². The quantitative estimate of drug-likeness (QED) is 0.704. The molecule has 1 aromatic rings. The topological polar surface area (TPSA) is 58.6 Å². The Morgan fingerprint density at radius 2 is 1.95 bits per heavy atom. The number of carbonyl (C=O) groups excluding carboxylic acids is 1. The molecule has 0 N–H and O–H groups in total. The fourth-order valence-corrected chi connectivity index (χ4v) is 2.56. The van der Waals surface area contributed by atoms with E-state index in [0.29, 0.717) is 26.2 Å². The van der Waals surface area contributed by atoms with Crippen LogP contribution in [0.2, 0.25) is 5.28 Å². The fraction of sp³-hybridized carbons (Fsp3) is 0.615. The Morgan fingerprint density at radius 1 is 1.33 bits per heavy atom. The van der Waals surface area contributed by atoms with E-state index in [1.807, 2.05) is 20.8 Å². The van der Waals surface area contributed by atoms with Gasteiger partial charge in [0.2, 0.25) is 5.28 Å². The molecule has 21 heavy (non-hydrogen) atoms. The standard InChI is InChI=1S/C13H18BrClN4O2/c1-13(2,3)21-12(20)19-6-4-18(5-7-19)10-9(14)8-16-11(15)17-10/h8H,4-7H2,1-3H3. The highest BCUT2D eigenvalue weighted by Gasteiger charge is 2.27. The molecular formula is C13H18BrClN4O2. The molecule has 1 fully saturated rings. The van der Waals surface area contributed by atoms with Gasteiger partial charge in [-0.25, -0.2) is 9.78 Å². The van der Waals surface area contributed by atoms with E-state index < -0.39 is 5.60 Å². The number of hydrogen-bond donors (Lipinski definition) is 0. The van der Waals surface area contributed by atoms with E-state index in [1.165, 1.54) is 0 Å². The monoisotopic (exact) mass is 376 g/mol. The molecule has 0 aromatic carbocycles. The van der Waals surface area contributed by atoms with Gasteiger partial charge in [-0.3, -0.25) is 0 Å². The highest BCUT2D eigenvalue weighted by Crippen LogP contribution is 2.25. The van der Waals surface area contributed by atoms with Crippen LogP contribution in [0.25, 0.3) is 0 Å². The van der Waals surface area contributed by atoms with Crippen molar-refractivity contribution in [3.8, 4) is 0 Å². The van der Waals surface area contributed by atoms with Crippen molar-refractivity contribution in [3.05, 3.63) is 16.0 Å². The Morgan fingerprint density at radius 3 is 2.52 bits per heavy atom. The molecule has 8 heteroatoms. The van der Waals surface area contributed by atoms with Gasteiger partial charge in [0.15, 0.2) is 0 Å². The van der Waals surface area contributed by atoms with E-state index >= 15 is 0 Å². The smallest absolute Gasteiger partial charge is 0.410 e. The first-order valence-corrected chi connectivity index (χ1v) is 7.84. The fourth-order valence-electron chi connectivity index (χ4n) is 1.99. The average Bonchev–Trinajstić information content (AvgIpc) is 2.40. The molecule has 1 amide bonds. The van der Waals surface area contributed by atoms with Gasteiger partial charge in [-0.2, -0.15) is 4.98 Å². The molecule has 0 saturated carbocycles. The number of amides is 1. The minimum atomic E-state index is -0.475. The van der Waals surface area contributed by atoms with Crippen LogP contribution < -0.4 is 4.90 Å². The van der Waals surface area contributed by atoms with Crippen molar-refractivity contribution in [2.24, 2.45) is 0 Å². The van der Waals surface area contributed by atoms with Crippen molar-refractivity contribution in [1.29, 1.82) is 0 Å². The molecule has 0 atom stereocenters. The van der Waals surface area contributed by atoms with E-state index in [-0.39, 0.29) is 11.4 Å². The SMILES string of the molecule is CC(C)(C)OC(=O)N1CCN(c2nc(Cl)ncc2Br)CC1. The zero-order chi connectivity index (χ0) is 15.6. The third kappa shape index (κ3) is 4.44. The van der Waals surface area contributed by atoms with Gasteiger partial charge in [0.05, 0.1) is 4.47 Å². The van der Waals surface area contributed by atoms with Gasteiger partial charge in [-0.05, 0) is 48.3 Å². The molecular weight excluding hydrogens is 360 g/mol. The summed E-state index contributed by atoms with van der Waals surface area (Å²) in [5.74, 6) is 0.749. The molecule has 2 rings (SSSR count). The number of anilines is 1. The van der Waals surface area contributed by atoms with Gasteiger partial charge < -0.3 is 14.5 Å². The first-order chi connectivity index (χ1) is 9.76. The summed E-state index contributed by atoms with van der Waals surface area (Å²) in [6.07, 6.45) is 1.35. The lowest BCUT2D eigenvalue weighted by molar-refractivity contribution is 0.0240. The van der Waals surface area contributed by atoms with Crippen LogP contribution in [0.5, 0.6) is 0 Å². The molecule has 0 spiro atoms. The lowest BCUT2D eigenvalue weighted by atomic mass is 10.2. The van der Waals surface area contributed by atoms with Gasteiger partial charge in [0.25, 0.3) is 0 Å². The van der Waals surface area contributed by atoms with Crippen molar-refractivity contribution >= 4 is 39.4 Å². The number of hydrogen-bond acceptors (Lipinski definition) is 5. The van der Waals surface area contributed by atoms with Crippen molar-refractivity contribution < 1.29 is 9.53 Å². The Kier molecular flexibility index (Phi) is 4.93. The van der Waals surface area contributed by atoms with Crippen LogP contribution >= 0.6 is 27.5 Å². The predicted molar refractivity (Wildman–Crippen MR) is 84.8 cm³/mol. The lowest BCUT2D eigenvalue weighted by Gasteiger charge is -2.36. The Hall–Kier alpha value is -1.08. The van der Waals surface area contributed by atoms with Crippen LogP contribution in [-0.4, -0.2) is 52.7 Å². The van der Waals surface area contributed by atoms with Crippen molar-refractivity contribution in [1.82, 2.24) is 14.9 Å². The summed E-state index contributed by atoms with van der Waals surface area (Å²) in [4.78, 5) is 23.9.